The van der Waals surface area contributed by atoms with Gasteiger partial charge in [0.2, 0.25) is 0 Å². The molecule has 0 spiro atoms. The molecule has 0 saturated heterocycles. The van der Waals surface area contributed by atoms with Crippen molar-refractivity contribution in [1.82, 2.24) is 4.90 Å². The lowest BCUT2D eigenvalue weighted by molar-refractivity contribution is -0.384. The van der Waals surface area contributed by atoms with Crippen LogP contribution < -0.4 is 5.73 Å². The summed E-state index contributed by atoms with van der Waals surface area (Å²) in [6, 6.07) is 4.41. The molecule has 6 heteroatoms. The molecule has 1 rings (SSSR count). The van der Waals surface area contributed by atoms with Crippen molar-refractivity contribution in [3.05, 3.63) is 33.9 Å². The normalized spacial score (nSPS) is 10.5. The second-order valence-electron chi connectivity index (χ2n) is 4.59. The van der Waals surface area contributed by atoms with Gasteiger partial charge in [0.25, 0.3) is 5.91 Å². The lowest BCUT2D eigenvalue weighted by Gasteiger charge is -2.26. The number of nitro groups is 1. The largest absolute Gasteiger partial charge is 0.393 e. The van der Waals surface area contributed by atoms with Gasteiger partial charge >= 0.3 is 5.69 Å². The Morgan fingerprint density at radius 3 is 2.58 bits per heavy atom. The number of hydrogen-bond acceptors (Lipinski definition) is 4. The van der Waals surface area contributed by atoms with E-state index in [-0.39, 0.29) is 28.9 Å². The lowest BCUT2D eigenvalue weighted by Crippen LogP contribution is -2.37. The molecule has 0 atom stereocenters. The Hall–Kier alpha value is -2.11. The van der Waals surface area contributed by atoms with Crippen molar-refractivity contribution >= 4 is 17.3 Å². The maximum absolute atomic E-state index is 12.4. The number of anilines is 1. The molecule has 0 unspecified atom stereocenters. The first-order chi connectivity index (χ1) is 8.90. The molecule has 1 aromatic rings. The molecule has 0 radical (unpaired) electrons. The maximum atomic E-state index is 12.4. The van der Waals surface area contributed by atoms with Crippen LogP contribution >= 0.6 is 0 Å². The molecule has 104 valence electrons. The molecule has 0 bridgehead atoms. The van der Waals surface area contributed by atoms with Gasteiger partial charge < -0.3 is 10.6 Å². The van der Waals surface area contributed by atoms with Gasteiger partial charge in [0.05, 0.1) is 4.92 Å². The number of para-hydroxylation sites is 1. The molecule has 0 aliphatic heterocycles. The smallest absolute Gasteiger partial charge is 0.304 e. The van der Waals surface area contributed by atoms with Gasteiger partial charge in [-0.05, 0) is 32.4 Å². The number of carbonyl (C=O) groups excluding carboxylic acids is 1. The molecule has 1 aromatic carbocycles. The first-order valence-corrected chi connectivity index (χ1v) is 6.24. The summed E-state index contributed by atoms with van der Waals surface area (Å²) in [6.07, 6.45) is 0.792. The highest BCUT2D eigenvalue weighted by Gasteiger charge is 2.27. The van der Waals surface area contributed by atoms with Gasteiger partial charge in [-0.2, -0.15) is 0 Å². The van der Waals surface area contributed by atoms with Gasteiger partial charge in [-0.1, -0.05) is 13.0 Å². The van der Waals surface area contributed by atoms with Crippen molar-refractivity contribution < 1.29 is 9.72 Å². The monoisotopic (exact) mass is 265 g/mol. The third kappa shape index (κ3) is 3.21. The van der Waals surface area contributed by atoms with E-state index in [0.717, 1.165) is 6.42 Å². The van der Waals surface area contributed by atoms with Crippen LogP contribution in [0.4, 0.5) is 11.4 Å². The number of nitrogens with two attached hydrogens (primary N) is 1. The molecule has 19 heavy (non-hydrogen) atoms. The summed E-state index contributed by atoms with van der Waals surface area (Å²) in [6.45, 7) is 6.27. The molecule has 0 fully saturated rings. The lowest BCUT2D eigenvalue weighted by atomic mass is 10.1. The quantitative estimate of drug-likeness (QED) is 0.503. The van der Waals surface area contributed by atoms with Crippen molar-refractivity contribution in [2.24, 2.45) is 0 Å². The Morgan fingerprint density at radius 1 is 1.47 bits per heavy atom. The van der Waals surface area contributed by atoms with Crippen molar-refractivity contribution in [3.8, 4) is 0 Å². The molecular formula is C13H19N3O3. The Morgan fingerprint density at radius 2 is 2.11 bits per heavy atom. The van der Waals surface area contributed by atoms with E-state index in [2.05, 4.69) is 0 Å². The van der Waals surface area contributed by atoms with Crippen molar-refractivity contribution in [2.75, 3.05) is 12.3 Å². The van der Waals surface area contributed by atoms with E-state index >= 15 is 0 Å². The molecule has 0 aromatic heterocycles. The summed E-state index contributed by atoms with van der Waals surface area (Å²) in [7, 11) is 0. The Kier molecular flexibility index (Phi) is 4.86. The average Bonchev–Trinajstić information content (AvgIpc) is 2.33. The maximum Gasteiger partial charge on any atom is 0.304 e. The van der Waals surface area contributed by atoms with Crippen LogP contribution in [-0.4, -0.2) is 28.3 Å². The van der Waals surface area contributed by atoms with E-state index in [1.165, 1.54) is 12.1 Å². The summed E-state index contributed by atoms with van der Waals surface area (Å²) in [4.78, 5) is 24.5. The molecular weight excluding hydrogens is 246 g/mol. The van der Waals surface area contributed by atoms with Gasteiger partial charge in [-0.3, -0.25) is 14.9 Å². The topological polar surface area (TPSA) is 89.5 Å². The van der Waals surface area contributed by atoms with Crippen LogP contribution in [0.15, 0.2) is 18.2 Å². The fraction of sp³-hybridized carbons (Fsp3) is 0.462. The molecule has 0 saturated carbocycles. The van der Waals surface area contributed by atoms with E-state index in [0.29, 0.717) is 6.54 Å². The predicted octanol–water partition coefficient (Wildman–Crippen LogP) is 2.44. The van der Waals surface area contributed by atoms with E-state index in [1.807, 2.05) is 20.8 Å². The highest BCUT2D eigenvalue weighted by molar-refractivity contribution is 6.00. The summed E-state index contributed by atoms with van der Waals surface area (Å²) < 4.78 is 0. The number of nitrogen functional groups attached to an aromatic ring is 1. The molecule has 0 aliphatic carbocycles. The minimum atomic E-state index is -0.604. The Bertz CT molecular complexity index is 486. The first kappa shape index (κ1) is 14.9. The van der Waals surface area contributed by atoms with Crippen LogP contribution in [0.5, 0.6) is 0 Å². The van der Waals surface area contributed by atoms with Crippen LogP contribution in [0.3, 0.4) is 0 Å². The minimum Gasteiger partial charge on any atom is -0.393 e. The zero-order chi connectivity index (χ0) is 14.6. The third-order valence-electron chi connectivity index (χ3n) is 2.83. The molecule has 2 N–H and O–H groups in total. The van der Waals surface area contributed by atoms with Gasteiger partial charge in [0.1, 0.15) is 11.3 Å². The number of nitrogens with zero attached hydrogens (tertiary/aromatic N) is 2. The second-order valence-corrected chi connectivity index (χ2v) is 4.59. The second kappa shape index (κ2) is 6.17. The van der Waals surface area contributed by atoms with Crippen LogP contribution in [0, 0.1) is 10.1 Å². The molecule has 0 heterocycles. The van der Waals surface area contributed by atoms with Crippen molar-refractivity contribution in [1.29, 1.82) is 0 Å². The fourth-order valence-corrected chi connectivity index (χ4v) is 1.93. The van der Waals surface area contributed by atoms with E-state index < -0.39 is 4.92 Å². The van der Waals surface area contributed by atoms with Crippen LogP contribution in [-0.2, 0) is 0 Å². The number of benzene rings is 1. The standard InChI is InChI=1S/C13H19N3O3/c1-4-8-15(9(2)3)13(17)10-6-5-7-11(14)12(10)16(18)19/h5-7,9H,4,8,14H2,1-3H3. The van der Waals surface area contributed by atoms with Crippen LogP contribution in [0.25, 0.3) is 0 Å². The predicted molar refractivity (Wildman–Crippen MR) is 74.0 cm³/mol. The minimum absolute atomic E-state index is 0.0102. The highest BCUT2D eigenvalue weighted by atomic mass is 16.6. The molecule has 6 nitrogen and oxygen atoms in total. The SMILES string of the molecule is CCCN(C(=O)c1cccc(N)c1[N+](=O)[O-])C(C)C. The average molecular weight is 265 g/mol. The van der Waals surface area contributed by atoms with E-state index in [9.17, 15) is 14.9 Å². The van der Waals surface area contributed by atoms with Crippen molar-refractivity contribution in [2.45, 2.75) is 33.2 Å². The highest BCUT2D eigenvalue weighted by Crippen LogP contribution is 2.27. The van der Waals surface area contributed by atoms with Gasteiger partial charge in [-0.15, -0.1) is 0 Å². The number of nitro benzene ring substituents is 1. The number of amides is 1. The summed E-state index contributed by atoms with van der Waals surface area (Å²) >= 11 is 0. The van der Waals surface area contributed by atoms with E-state index in [4.69, 9.17) is 5.73 Å². The number of carbonyl (C=O) groups is 1. The number of rotatable bonds is 5. The van der Waals surface area contributed by atoms with Crippen LogP contribution in [0.1, 0.15) is 37.6 Å². The first-order valence-electron chi connectivity index (χ1n) is 6.24. The van der Waals surface area contributed by atoms with Gasteiger partial charge in [0, 0.05) is 12.6 Å². The van der Waals surface area contributed by atoms with Crippen LogP contribution in [0.2, 0.25) is 0 Å². The van der Waals surface area contributed by atoms with Gasteiger partial charge in [0.15, 0.2) is 0 Å². The Labute approximate surface area is 112 Å². The number of hydrogen-bond donors (Lipinski definition) is 1. The zero-order valence-corrected chi connectivity index (χ0v) is 11.4. The van der Waals surface area contributed by atoms with E-state index in [1.54, 1.807) is 11.0 Å². The van der Waals surface area contributed by atoms with Gasteiger partial charge in [-0.25, -0.2) is 0 Å². The van der Waals surface area contributed by atoms with Crippen molar-refractivity contribution in [3.63, 3.8) is 0 Å². The summed E-state index contributed by atoms with van der Waals surface area (Å²) in [5.41, 5.74) is 5.35. The Balaban J connectivity index is 3.25. The molecule has 1 amide bonds. The fourth-order valence-electron chi connectivity index (χ4n) is 1.93. The summed E-state index contributed by atoms with van der Waals surface area (Å²) in [5.74, 6) is -0.351. The summed E-state index contributed by atoms with van der Waals surface area (Å²) in [5, 5.41) is 11.1. The molecule has 0 aliphatic rings. The third-order valence-corrected chi connectivity index (χ3v) is 2.83. The zero-order valence-electron chi connectivity index (χ0n) is 11.4.